The molecule has 0 heterocycles. The third-order valence-corrected chi connectivity index (χ3v) is 2.77. The van der Waals surface area contributed by atoms with Crippen LogP contribution >= 0.6 is 0 Å². The molecule has 0 atom stereocenters. The highest BCUT2D eigenvalue weighted by atomic mass is 16.6. The van der Waals surface area contributed by atoms with Crippen LogP contribution in [0.2, 0.25) is 0 Å². The molecular formula is C13H16N5O6+. The lowest BCUT2D eigenvalue weighted by Gasteiger charge is -2.09. The number of nitro groups is 3. The largest absolute Gasteiger partial charge is 0.383 e. The van der Waals surface area contributed by atoms with Gasteiger partial charge in [0.1, 0.15) is 19.7 Å². The number of hydrogen-bond donors (Lipinski definition) is 0. The zero-order valence-corrected chi connectivity index (χ0v) is 13.5. The Kier molecular flexibility index (Phi) is 5.65. The van der Waals surface area contributed by atoms with Crippen molar-refractivity contribution < 1.29 is 19.3 Å². The van der Waals surface area contributed by atoms with E-state index in [1.165, 1.54) is 12.4 Å². The van der Waals surface area contributed by atoms with Crippen LogP contribution in [0.5, 0.6) is 0 Å². The average Bonchev–Trinajstić information content (AvgIpc) is 2.43. The standard InChI is InChI=1S/C13H16N5O6/c1-14(2)7-9(8-15(3)4)13-11(17(21)22)5-10(16(19)20)6-12(13)18(23)24/h5-8H,1-4H3/q+1. The van der Waals surface area contributed by atoms with Crippen molar-refractivity contribution in [3.8, 4) is 0 Å². The van der Waals surface area contributed by atoms with Gasteiger partial charge in [0, 0.05) is 20.3 Å². The van der Waals surface area contributed by atoms with Crippen LogP contribution in [0.15, 0.2) is 18.3 Å². The smallest absolute Gasteiger partial charge is 0.291 e. The van der Waals surface area contributed by atoms with E-state index < -0.39 is 31.8 Å². The van der Waals surface area contributed by atoms with Gasteiger partial charge in [-0.3, -0.25) is 30.3 Å². The molecule has 11 heteroatoms. The van der Waals surface area contributed by atoms with E-state index in [9.17, 15) is 30.3 Å². The minimum atomic E-state index is -0.908. The molecule has 0 aromatic heterocycles. The van der Waals surface area contributed by atoms with Crippen molar-refractivity contribution in [3.05, 3.63) is 54.2 Å². The second-order valence-electron chi connectivity index (χ2n) is 5.27. The lowest BCUT2D eigenvalue weighted by Crippen LogP contribution is -2.10. The van der Waals surface area contributed by atoms with Gasteiger partial charge in [-0.05, 0) is 0 Å². The Morgan fingerprint density at radius 2 is 1.42 bits per heavy atom. The summed E-state index contributed by atoms with van der Waals surface area (Å²) >= 11 is 0. The van der Waals surface area contributed by atoms with Crippen molar-refractivity contribution in [3.63, 3.8) is 0 Å². The van der Waals surface area contributed by atoms with Crippen LogP contribution in [0.3, 0.4) is 0 Å². The molecule has 1 aromatic rings. The molecule has 1 rings (SSSR count). The molecule has 0 saturated carbocycles. The summed E-state index contributed by atoms with van der Waals surface area (Å²) in [6.07, 6.45) is 2.92. The average molecular weight is 338 g/mol. The van der Waals surface area contributed by atoms with Crippen LogP contribution in [0, 0.1) is 30.3 Å². The zero-order valence-electron chi connectivity index (χ0n) is 13.5. The van der Waals surface area contributed by atoms with Crippen molar-refractivity contribution in [2.24, 2.45) is 0 Å². The maximum Gasteiger partial charge on any atom is 0.291 e. The number of nitro benzene ring substituents is 3. The van der Waals surface area contributed by atoms with E-state index in [4.69, 9.17) is 0 Å². The quantitative estimate of drug-likeness (QED) is 0.333. The number of rotatable bonds is 6. The first-order chi connectivity index (χ1) is 11.0. The number of benzene rings is 1. The fraction of sp³-hybridized carbons (Fsp3) is 0.308. The second kappa shape index (κ2) is 7.26. The molecule has 0 radical (unpaired) electrons. The molecule has 0 N–H and O–H groups in total. The Morgan fingerprint density at radius 3 is 1.71 bits per heavy atom. The molecule has 0 fully saturated rings. The number of nitrogens with zero attached hydrogens (tertiary/aromatic N) is 5. The summed E-state index contributed by atoms with van der Waals surface area (Å²) in [7, 11) is 6.58. The number of hydrogen-bond acceptors (Lipinski definition) is 7. The lowest BCUT2D eigenvalue weighted by atomic mass is 10.0. The lowest BCUT2D eigenvalue weighted by molar-refractivity contribution is -0.458. The summed E-state index contributed by atoms with van der Waals surface area (Å²) in [6.45, 7) is 0. The summed E-state index contributed by atoms with van der Waals surface area (Å²) in [4.78, 5) is 32.5. The minimum absolute atomic E-state index is 0.179. The van der Waals surface area contributed by atoms with Gasteiger partial charge < -0.3 is 4.90 Å². The van der Waals surface area contributed by atoms with E-state index in [0.29, 0.717) is 0 Å². The van der Waals surface area contributed by atoms with E-state index in [-0.39, 0.29) is 11.1 Å². The molecule has 0 aliphatic heterocycles. The Bertz CT molecular complexity index is 729. The molecule has 0 aliphatic rings. The summed E-state index contributed by atoms with van der Waals surface area (Å²) in [5.74, 6) is 0. The van der Waals surface area contributed by atoms with Gasteiger partial charge in [-0.2, -0.15) is 0 Å². The molecule has 0 aliphatic carbocycles. The van der Waals surface area contributed by atoms with Crippen molar-refractivity contribution in [1.82, 2.24) is 4.90 Å². The van der Waals surface area contributed by atoms with E-state index in [2.05, 4.69) is 0 Å². The van der Waals surface area contributed by atoms with Crippen LogP contribution in [-0.4, -0.2) is 58.7 Å². The van der Waals surface area contributed by atoms with Crippen molar-refractivity contribution in [2.45, 2.75) is 0 Å². The predicted octanol–water partition coefficient (Wildman–Crippen LogP) is 1.66. The molecular weight excluding hydrogens is 322 g/mol. The molecule has 0 amide bonds. The van der Waals surface area contributed by atoms with Gasteiger partial charge in [-0.25, -0.2) is 4.58 Å². The van der Waals surface area contributed by atoms with Crippen molar-refractivity contribution >= 4 is 28.8 Å². The van der Waals surface area contributed by atoms with Gasteiger partial charge in [0.25, 0.3) is 17.1 Å². The minimum Gasteiger partial charge on any atom is -0.383 e. The van der Waals surface area contributed by atoms with Gasteiger partial charge in [-0.15, -0.1) is 0 Å². The highest BCUT2D eigenvalue weighted by molar-refractivity contribution is 6.11. The van der Waals surface area contributed by atoms with Gasteiger partial charge in [0.2, 0.25) is 0 Å². The summed E-state index contributed by atoms with van der Waals surface area (Å²) < 4.78 is 1.56. The maximum atomic E-state index is 11.3. The third kappa shape index (κ3) is 4.32. The van der Waals surface area contributed by atoms with E-state index in [0.717, 1.165) is 12.1 Å². The second-order valence-corrected chi connectivity index (χ2v) is 5.27. The van der Waals surface area contributed by atoms with E-state index >= 15 is 0 Å². The first kappa shape index (κ1) is 18.7. The molecule has 128 valence electrons. The molecule has 1 aromatic carbocycles. The first-order valence-corrected chi connectivity index (χ1v) is 6.55. The Hall–Kier alpha value is -3.37. The fourth-order valence-electron chi connectivity index (χ4n) is 2.01. The maximum absolute atomic E-state index is 11.3. The molecule has 0 unspecified atom stereocenters. The summed E-state index contributed by atoms with van der Waals surface area (Å²) in [6, 6.07) is 1.44. The predicted molar refractivity (Wildman–Crippen MR) is 86.2 cm³/mol. The highest BCUT2D eigenvalue weighted by Gasteiger charge is 2.33. The zero-order chi connectivity index (χ0) is 18.6. The SMILES string of the molecule is CN(C)/C=C(\C=[N+](C)C)c1c([N+](=O)[O-])cc([N+](=O)[O-])cc1[N+](=O)[O-]. The van der Waals surface area contributed by atoms with Crippen LogP contribution < -0.4 is 0 Å². The van der Waals surface area contributed by atoms with Gasteiger partial charge in [0.15, 0.2) is 6.21 Å². The number of non-ortho nitro benzene ring substituents is 1. The molecule has 0 saturated heterocycles. The molecule has 0 spiro atoms. The third-order valence-electron chi connectivity index (χ3n) is 2.77. The summed E-state index contributed by atoms with van der Waals surface area (Å²) in [5.41, 5.74) is -2.24. The molecule has 11 nitrogen and oxygen atoms in total. The number of allylic oxidation sites excluding steroid dienone is 1. The van der Waals surface area contributed by atoms with Crippen molar-refractivity contribution in [2.75, 3.05) is 28.2 Å². The van der Waals surface area contributed by atoms with Crippen LogP contribution in [0.4, 0.5) is 17.1 Å². The van der Waals surface area contributed by atoms with Gasteiger partial charge in [0.05, 0.1) is 32.5 Å². The van der Waals surface area contributed by atoms with Crippen LogP contribution in [-0.2, 0) is 0 Å². The first-order valence-electron chi connectivity index (χ1n) is 6.55. The van der Waals surface area contributed by atoms with E-state index in [1.807, 2.05) is 0 Å². The Balaban J connectivity index is 3.95. The fourth-order valence-corrected chi connectivity index (χ4v) is 2.01. The summed E-state index contributed by atoms with van der Waals surface area (Å²) in [5, 5.41) is 33.6. The van der Waals surface area contributed by atoms with Gasteiger partial charge >= 0.3 is 0 Å². The highest BCUT2D eigenvalue weighted by Crippen LogP contribution is 2.37. The van der Waals surface area contributed by atoms with Crippen molar-refractivity contribution in [1.29, 1.82) is 0 Å². The Morgan fingerprint density at radius 1 is 0.958 bits per heavy atom. The van der Waals surface area contributed by atoms with Crippen LogP contribution in [0.25, 0.3) is 5.57 Å². The molecule has 0 bridgehead atoms. The monoisotopic (exact) mass is 338 g/mol. The normalized spacial score (nSPS) is 10.9. The van der Waals surface area contributed by atoms with E-state index in [1.54, 1.807) is 37.7 Å². The topological polar surface area (TPSA) is 136 Å². The van der Waals surface area contributed by atoms with Crippen LogP contribution in [0.1, 0.15) is 5.56 Å². The Labute approximate surface area is 136 Å². The van der Waals surface area contributed by atoms with Gasteiger partial charge in [-0.1, -0.05) is 0 Å². The molecule has 24 heavy (non-hydrogen) atoms.